The normalized spacial score (nSPS) is 12.3. The number of hydrogen-bond acceptors (Lipinski definition) is 4. The summed E-state index contributed by atoms with van der Waals surface area (Å²) in [4.78, 5) is 2.18. The van der Waals surface area contributed by atoms with Crippen LogP contribution in [0.25, 0.3) is 0 Å². The highest BCUT2D eigenvalue weighted by Gasteiger charge is 2.15. The molecule has 1 aromatic carbocycles. The summed E-state index contributed by atoms with van der Waals surface area (Å²) in [7, 11) is -1.59. The van der Waals surface area contributed by atoms with E-state index in [1.165, 1.54) is 18.2 Å². The maximum atomic E-state index is 12.0. The largest absolute Gasteiger partial charge is 0.397 e. The molecule has 0 spiro atoms. The Morgan fingerprint density at radius 1 is 1.42 bits per heavy atom. The van der Waals surface area contributed by atoms with Crippen LogP contribution in [0.5, 0.6) is 0 Å². The maximum absolute atomic E-state index is 12.0. The molecule has 0 bridgehead atoms. The van der Waals surface area contributed by atoms with Gasteiger partial charge in [-0.05, 0) is 39.1 Å². The average molecular weight is 306 g/mol. The van der Waals surface area contributed by atoms with E-state index in [4.69, 9.17) is 17.3 Å². The van der Waals surface area contributed by atoms with Gasteiger partial charge in [0.05, 0.1) is 15.6 Å². The first kappa shape index (κ1) is 16.2. The molecule has 108 valence electrons. The number of benzene rings is 1. The smallest absolute Gasteiger partial charge is 0.240 e. The summed E-state index contributed by atoms with van der Waals surface area (Å²) in [6, 6.07) is 4.64. The molecule has 19 heavy (non-hydrogen) atoms. The Bertz CT molecular complexity index is 532. The lowest BCUT2D eigenvalue weighted by molar-refractivity contribution is 0.278. The summed E-state index contributed by atoms with van der Waals surface area (Å²) < 4.78 is 26.6. The number of halogens is 1. The number of nitrogen functional groups attached to an aromatic ring is 1. The van der Waals surface area contributed by atoms with E-state index < -0.39 is 10.0 Å². The molecule has 1 aromatic rings. The van der Waals surface area contributed by atoms with Gasteiger partial charge in [0, 0.05) is 19.1 Å². The zero-order chi connectivity index (χ0) is 14.6. The SMILES string of the molecule is CC(C)N(C)CCNS(=O)(=O)c1ccc(Cl)c(N)c1. The Balaban J connectivity index is 2.68. The van der Waals surface area contributed by atoms with Gasteiger partial charge in [-0.15, -0.1) is 0 Å². The first-order chi connectivity index (χ1) is 8.74. The van der Waals surface area contributed by atoms with Crippen molar-refractivity contribution in [3.05, 3.63) is 23.2 Å². The van der Waals surface area contributed by atoms with Crippen LogP contribution >= 0.6 is 11.6 Å². The van der Waals surface area contributed by atoms with Crippen molar-refractivity contribution in [3.63, 3.8) is 0 Å². The van der Waals surface area contributed by atoms with Crippen LogP contribution in [0.15, 0.2) is 23.1 Å². The minimum absolute atomic E-state index is 0.126. The number of nitrogens with zero attached hydrogens (tertiary/aromatic N) is 1. The second-order valence-electron chi connectivity index (χ2n) is 4.66. The predicted molar refractivity (Wildman–Crippen MR) is 78.8 cm³/mol. The average Bonchev–Trinajstić information content (AvgIpc) is 2.32. The second kappa shape index (κ2) is 6.56. The summed E-state index contributed by atoms with van der Waals surface area (Å²) in [6.45, 7) is 5.09. The van der Waals surface area contributed by atoms with Crippen molar-refractivity contribution in [2.45, 2.75) is 24.8 Å². The molecule has 0 saturated heterocycles. The monoisotopic (exact) mass is 305 g/mol. The van der Waals surface area contributed by atoms with Crippen molar-refractivity contribution in [1.82, 2.24) is 9.62 Å². The number of nitrogens with one attached hydrogen (secondary N) is 1. The maximum Gasteiger partial charge on any atom is 0.240 e. The molecule has 0 saturated carbocycles. The molecule has 0 atom stereocenters. The summed E-state index contributed by atoms with van der Waals surface area (Å²) in [6.07, 6.45) is 0. The van der Waals surface area contributed by atoms with E-state index in [9.17, 15) is 8.42 Å². The standard InChI is InChI=1S/C12H20ClN3O2S/c1-9(2)16(3)7-6-15-19(17,18)10-4-5-11(13)12(14)8-10/h4-5,8-9,15H,6-7,14H2,1-3H3. The number of rotatable bonds is 6. The number of nitrogens with two attached hydrogens (primary N) is 1. The predicted octanol–water partition coefficient (Wildman–Crippen LogP) is 1.54. The third-order valence-corrected chi connectivity index (χ3v) is 4.72. The molecule has 0 aromatic heterocycles. The van der Waals surface area contributed by atoms with E-state index in [1.54, 1.807) is 0 Å². The molecular formula is C12H20ClN3O2S. The van der Waals surface area contributed by atoms with E-state index in [0.29, 0.717) is 24.2 Å². The first-order valence-corrected chi connectivity index (χ1v) is 7.85. The number of hydrogen-bond donors (Lipinski definition) is 2. The Morgan fingerprint density at radius 2 is 2.05 bits per heavy atom. The van der Waals surface area contributed by atoms with Crippen molar-refractivity contribution in [1.29, 1.82) is 0 Å². The van der Waals surface area contributed by atoms with Gasteiger partial charge in [-0.1, -0.05) is 11.6 Å². The van der Waals surface area contributed by atoms with Crippen LogP contribution in [-0.2, 0) is 10.0 Å². The molecule has 1 rings (SSSR count). The van der Waals surface area contributed by atoms with Crippen LogP contribution in [-0.4, -0.2) is 39.5 Å². The van der Waals surface area contributed by atoms with Crippen LogP contribution in [0, 0.1) is 0 Å². The molecule has 0 aliphatic carbocycles. The number of likely N-dealkylation sites (N-methyl/N-ethyl adjacent to an activating group) is 1. The molecule has 0 aliphatic rings. The van der Waals surface area contributed by atoms with Crippen molar-refractivity contribution in [3.8, 4) is 0 Å². The molecular weight excluding hydrogens is 286 g/mol. The molecule has 0 fully saturated rings. The van der Waals surface area contributed by atoms with E-state index in [2.05, 4.69) is 9.62 Å². The van der Waals surface area contributed by atoms with E-state index in [-0.39, 0.29) is 10.6 Å². The van der Waals surface area contributed by atoms with E-state index in [0.717, 1.165) is 0 Å². The Labute approximate surface area is 119 Å². The molecule has 0 unspecified atom stereocenters. The van der Waals surface area contributed by atoms with E-state index >= 15 is 0 Å². The van der Waals surface area contributed by atoms with Gasteiger partial charge in [-0.2, -0.15) is 0 Å². The van der Waals surface area contributed by atoms with Crippen molar-refractivity contribution >= 4 is 27.3 Å². The Hall–Kier alpha value is -0.820. The van der Waals surface area contributed by atoms with Gasteiger partial charge < -0.3 is 10.6 Å². The van der Waals surface area contributed by atoms with Crippen molar-refractivity contribution in [2.24, 2.45) is 0 Å². The number of sulfonamides is 1. The summed E-state index contributed by atoms with van der Waals surface area (Å²) in [5, 5.41) is 0.346. The zero-order valence-electron chi connectivity index (χ0n) is 11.4. The third-order valence-electron chi connectivity index (χ3n) is 2.92. The van der Waals surface area contributed by atoms with Gasteiger partial charge in [-0.3, -0.25) is 0 Å². The van der Waals surface area contributed by atoms with E-state index in [1.807, 2.05) is 20.9 Å². The summed E-state index contributed by atoms with van der Waals surface area (Å²) in [5.41, 5.74) is 5.86. The fourth-order valence-corrected chi connectivity index (χ4v) is 2.56. The van der Waals surface area contributed by atoms with Crippen LogP contribution in [0.1, 0.15) is 13.8 Å². The van der Waals surface area contributed by atoms with Gasteiger partial charge in [0.15, 0.2) is 0 Å². The molecule has 0 amide bonds. The molecule has 5 nitrogen and oxygen atoms in total. The molecule has 7 heteroatoms. The quantitative estimate of drug-likeness (QED) is 0.782. The first-order valence-electron chi connectivity index (χ1n) is 5.99. The van der Waals surface area contributed by atoms with Gasteiger partial charge in [0.1, 0.15) is 0 Å². The lowest BCUT2D eigenvalue weighted by Crippen LogP contribution is -2.36. The van der Waals surface area contributed by atoms with Gasteiger partial charge in [0.25, 0.3) is 0 Å². The number of anilines is 1. The highest BCUT2D eigenvalue weighted by atomic mass is 35.5. The Morgan fingerprint density at radius 3 is 2.58 bits per heavy atom. The van der Waals surface area contributed by atoms with Gasteiger partial charge in [0.2, 0.25) is 10.0 Å². The molecule has 0 heterocycles. The summed E-state index contributed by atoms with van der Waals surface area (Å²) in [5.74, 6) is 0. The fourth-order valence-electron chi connectivity index (χ4n) is 1.39. The minimum atomic E-state index is -3.54. The summed E-state index contributed by atoms with van der Waals surface area (Å²) >= 11 is 5.76. The minimum Gasteiger partial charge on any atom is -0.397 e. The molecule has 3 N–H and O–H groups in total. The molecule has 0 radical (unpaired) electrons. The van der Waals surface area contributed by atoms with Crippen molar-refractivity contribution < 1.29 is 8.42 Å². The highest BCUT2D eigenvalue weighted by Crippen LogP contribution is 2.21. The lowest BCUT2D eigenvalue weighted by Gasteiger charge is -2.20. The van der Waals surface area contributed by atoms with Crippen LogP contribution in [0.4, 0.5) is 5.69 Å². The Kier molecular flexibility index (Phi) is 5.61. The zero-order valence-corrected chi connectivity index (χ0v) is 12.9. The van der Waals surface area contributed by atoms with Crippen LogP contribution in [0.3, 0.4) is 0 Å². The van der Waals surface area contributed by atoms with Crippen LogP contribution in [0.2, 0.25) is 5.02 Å². The molecule has 0 aliphatic heterocycles. The van der Waals surface area contributed by atoms with Gasteiger partial charge in [-0.25, -0.2) is 13.1 Å². The third kappa shape index (κ3) is 4.65. The highest BCUT2D eigenvalue weighted by molar-refractivity contribution is 7.89. The fraction of sp³-hybridized carbons (Fsp3) is 0.500. The van der Waals surface area contributed by atoms with Crippen molar-refractivity contribution in [2.75, 3.05) is 25.9 Å². The lowest BCUT2D eigenvalue weighted by atomic mass is 10.3. The second-order valence-corrected chi connectivity index (χ2v) is 6.83. The van der Waals surface area contributed by atoms with Gasteiger partial charge >= 0.3 is 0 Å². The topological polar surface area (TPSA) is 75.4 Å². The van der Waals surface area contributed by atoms with Crippen LogP contribution < -0.4 is 10.5 Å².